The number of aromatic nitrogens is 1. The highest BCUT2D eigenvalue weighted by Gasteiger charge is 2.26. The summed E-state index contributed by atoms with van der Waals surface area (Å²) in [4.78, 5) is 10.7. The second kappa shape index (κ2) is 12.9. The molecule has 9 aromatic carbocycles. The number of furan rings is 1. The maximum Gasteiger partial charge on any atom is 0.159 e. The highest BCUT2D eigenvalue weighted by atomic mass is 16.3. The molecule has 58 heavy (non-hydrogen) atoms. The SMILES string of the molecule is c1ccc(-c2cccc(C3=NC(c4cccc5ccccc45)NC(c4cc(-n5c6ccccc6c6cc7ccccc7cc65)c5c(c4)oc4ccccc45)=N3)c2)cc1. The van der Waals surface area contributed by atoms with Gasteiger partial charge >= 0.3 is 0 Å². The molecule has 0 saturated heterocycles. The van der Waals surface area contributed by atoms with Gasteiger partial charge in [0.25, 0.3) is 0 Å². The summed E-state index contributed by atoms with van der Waals surface area (Å²) in [5.41, 5.74) is 10.1. The maximum atomic E-state index is 6.74. The predicted molar refractivity (Wildman–Crippen MR) is 240 cm³/mol. The summed E-state index contributed by atoms with van der Waals surface area (Å²) in [6, 6.07) is 68.6. The van der Waals surface area contributed by atoms with Crippen LogP contribution in [0.25, 0.3) is 82.1 Å². The lowest BCUT2D eigenvalue weighted by Gasteiger charge is -2.25. The van der Waals surface area contributed by atoms with Gasteiger partial charge in [-0.15, -0.1) is 0 Å². The van der Waals surface area contributed by atoms with Crippen LogP contribution in [-0.2, 0) is 0 Å². The Labute approximate surface area is 333 Å². The summed E-state index contributed by atoms with van der Waals surface area (Å²) in [6.45, 7) is 0. The predicted octanol–water partition coefficient (Wildman–Crippen LogP) is 13.2. The van der Waals surface area contributed by atoms with Gasteiger partial charge in [-0.05, 0) is 75.1 Å². The Morgan fingerprint density at radius 3 is 2.00 bits per heavy atom. The minimum Gasteiger partial charge on any atom is -0.456 e. The van der Waals surface area contributed by atoms with Gasteiger partial charge in [0.05, 0.1) is 22.1 Å². The van der Waals surface area contributed by atoms with Crippen molar-refractivity contribution < 1.29 is 4.42 Å². The molecule has 11 aromatic rings. The van der Waals surface area contributed by atoms with Gasteiger partial charge in [-0.25, -0.2) is 9.98 Å². The number of hydrogen-bond donors (Lipinski definition) is 1. The molecule has 0 amide bonds. The van der Waals surface area contributed by atoms with Gasteiger partial charge in [0, 0.05) is 32.8 Å². The van der Waals surface area contributed by atoms with Crippen LogP contribution in [0.5, 0.6) is 0 Å². The lowest BCUT2D eigenvalue weighted by molar-refractivity contribution is 0.667. The van der Waals surface area contributed by atoms with Crippen molar-refractivity contribution in [1.29, 1.82) is 0 Å². The number of amidine groups is 2. The fourth-order valence-electron chi connectivity index (χ4n) is 8.90. The summed E-state index contributed by atoms with van der Waals surface area (Å²) in [5.74, 6) is 1.39. The van der Waals surface area contributed by atoms with Crippen LogP contribution in [-0.4, -0.2) is 16.2 Å². The van der Waals surface area contributed by atoms with Gasteiger partial charge in [0.1, 0.15) is 23.2 Å². The molecule has 0 spiro atoms. The molecule has 5 nitrogen and oxygen atoms in total. The van der Waals surface area contributed by atoms with Crippen LogP contribution in [0.1, 0.15) is 22.9 Å². The minimum absolute atomic E-state index is 0.400. The Kier molecular flexibility index (Phi) is 7.23. The molecular formula is C53H34N4O. The van der Waals surface area contributed by atoms with E-state index in [2.05, 4.69) is 192 Å². The standard InChI is InChI=1S/C53H34N4O/c1-2-14-33(15-3-1)35-20-12-21-38(28-35)51-54-52(56-53(55-51)42-25-13-19-34-16-6-7-22-40(34)42)39-31-47(50-43-24-9-11-27-48(43)58-49(50)32-39)57-45-26-10-8-23-41(45)44-29-36-17-4-5-18-37(36)30-46(44)57/h1-32,53H,(H,54,55,56). The highest BCUT2D eigenvalue weighted by Crippen LogP contribution is 2.41. The molecule has 0 aliphatic carbocycles. The van der Waals surface area contributed by atoms with E-state index >= 15 is 0 Å². The average Bonchev–Trinajstić information content (AvgIpc) is 3.83. The number of aliphatic imine (C=N–C) groups is 2. The Morgan fingerprint density at radius 2 is 1.12 bits per heavy atom. The molecule has 1 aliphatic rings. The quantitative estimate of drug-likeness (QED) is 0.191. The molecule has 3 heterocycles. The van der Waals surface area contributed by atoms with Crippen LogP contribution in [0.3, 0.4) is 0 Å². The lowest BCUT2D eigenvalue weighted by atomic mass is 10.00. The van der Waals surface area contributed by atoms with Crippen molar-refractivity contribution in [2.24, 2.45) is 9.98 Å². The second-order valence-electron chi connectivity index (χ2n) is 15.0. The average molecular weight is 743 g/mol. The number of rotatable bonds is 5. The zero-order chi connectivity index (χ0) is 38.2. The number of benzene rings is 9. The van der Waals surface area contributed by atoms with Gasteiger partial charge in [0.15, 0.2) is 5.84 Å². The Hall–Kier alpha value is -7.76. The largest absolute Gasteiger partial charge is 0.456 e. The fraction of sp³-hybridized carbons (Fsp3) is 0.0189. The van der Waals surface area contributed by atoms with Crippen molar-refractivity contribution in [2.75, 3.05) is 0 Å². The summed E-state index contributed by atoms with van der Waals surface area (Å²) >= 11 is 0. The first-order valence-corrected chi connectivity index (χ1v) is 19.7. The molecule has 0 saturated carbocycles. The van der Waals surface area contributed by atoms with Crippen LogP contribution >= 0.6 is 0 Å². The van der Waals surface area contributed by atoms with E-state index in [9.17, 15) is 0 Å². The van der Waals surface area contributed by atoms with Crippen molar-refractivity contribution in [2.45, 2.75) is 6.17 Å². The van der Waals surface area contributed by atoms with Crippen molar-refractivity contribution in [3.8, 4) is 16.8 Å². The van der Waals surface area contributed by atoms with E-state index in [1.165, 1.54) is 26.9 Å². The molecule has 0 bridgehead atoms. The lowest BCUT2D eigenvalue weighted by Crippen LogP contribution is -2.33. The molecule has 0 fully saturated rings. The van der Waals surface area contributed by atoms with E-state index in [0.29, 0.717) is 5.84 Å². The fourth-order valence-corrected chi connectivity index (χ4v) is 8.90. The van der Waals surface area contributed by atoms with E-state index in [-0.39, 0.29) is 0 Å². The zero-order valence-corrected chi connectivity index (χ0v) is 31.3. The number of nitrogens with one attached hydrogen (secondary N) is 1. The number of nitrogens with zero attached hydrogens (tertiary/aromatic N) is 3. The summed E-state index contributed by atoms with van der Waals surface area (Å²) < 4.78 is 9.15. The molecular weight excluding hydrogens is 709 g/mol. The van der Waals surface area contributed by atoms with E-state index in [1.807, 2.05) is 12.1 Å². The third kappa shape index (κ3) is 5.17. The van der Waals surface area contributed by atoms with E-state index < -0.39 is 6.17 Å². The minimum atomic E-state index is -0.400. The molecule has 1 atom stereocenters. The van der Waals surface area contributed by atoms with Gasteiger partial charge in [0.2, 0.25) is 0 Å². The normalized spacial score (nSPS) is 14.4. The Bertz CT molecular complexity index is 3490. The topological polar surface area (TPSA) is 54.8 Å². The second-order valence-corrected chi connectivity index (χ2v) is 15.0. The van der Waals surface area contributed by atoms with Crippen molar-refractivity contribution in [3.63, 3.8) is 0 Å². The number of fused-ring (bicyclic) bond motifs is 8. The number of hydrogen-bond acceptors (Lipinski definition) is 4. The molecule has 1 N–H and O–H groups in total. The Morgan fingerprint density at radius 1 is 0.448 bits per heavy atom. The van der Waals surface area contributed by atoms with Gasteiger partial charge < -0.3 is 14.3 Å². The van der Waals surface area contributed by atoms with Crippen LogP contribution in [0, 0.1) is 0 Å². The molecule has 1 aliphatic heterocycles. The van der Waals surface area contributed by atoms with Crippen LogP contribution in [0.2, 0.25) is 0 Å². The van der Waals surface area contributed by atoms with Crippen molar-refractivity contribution in [3.05, 3.63) is 211 Å². The van der Waals surface area contributed by atoms with Gasteiger partial charge in [-0.3, -0.25) is 0 Å². The van der Waals surface area contributed by atoms with Gasteiger partial charge in [-0.2, -0.15) is 0 Å². The highest BCUT2D eigenvalue weighted by molar-refractivity contribution is 6.19. The van der Waals surface area contributed by atoms with E-state index in [4.69, 9.17) is 14.4 Å². The Balaban J connectivity index is 1.12. The monoisotopic (exact) mass is 742 g/mol. The first-order chi connectivity index (χ1) is 28.7. The van der Waals surface area contributed by atoms with E-state index in [1.54, 1.807) is 0 Å². The number of para-hydroxylation sites is 2. The van der Waals surface area contributed by atoms with E-state index in [0.717, 1.165) is 77.7 Å². The van der Waals surface area contributed by atoms with Crippen molar-refractivity contribution >= 4 is 77.0 Å². The smallest absolute Gasteiger partial charge is 0.159 e. The summed E-state index contributed by atoms with van der Waals surface area (Å²) in [6.07, 6.45) is -0.400. The molecule has 2 aromatic heterocycles. The van der Waals surface area contributed by atoms with Crippen molar-refractivity contribution in [1.82, 2.24) is 9.88 Å². The zero-order valence-electron chi connectivity index (χ0n) is 31.3. The van der Waals surface area contributed by atoms with Crippen LogP contribution < -0.4 is 5.32 Å². The third-order valence-electron chi connectivity index (χ3n) is 11.6. The summed E-state index contributed by atoms with van der Waals surface area (Å²) in [7, 11) is 0. The molecule has 5 heteroatoms. The molecule has 1 unspecified atom stereocenters. The maximum absolute atomic E-state index is 6.74. The third-order valence-corrected chi connectivity index (χ3v) is 11.6. The van der Waals surface area contributed by atoms with Gasteiger partial charge in [-0.1, -0.05) is 152 Å². The van der Waals surface area contributed by atoms with Crippen LogP contribution in [0.4, 0.5) is 0 Å². The molecule has 12 rings (SSSR count). The van der Waals surface area contributed by atoms with Crippen LogP contribution in [0.15, 0.2) is 209 Å². The molecule has 272 valence electrons. The first-order valence-electron chi connectivity index (χ1n) is 19.7. The summed E-state index contributed by atoms with van der Waals surface area (Å²) in [5, 5.41) is 13.1. The molecule has 0 radical (unpaired) electrons. The first kappa shape index (κ1) is 32.5.